The van der Waals surface area contributed by atoms with E-state index in [0.717, 1.165) is 17.4 Å². The van der Waals surface area contributed by atoms with E-state index in [0.29, 0.717) is 4.70 Å². The normalized spacial score (nSPS) is 11.0. The molecule has 0 unspecified atom stereocenters. The Balaban J connectivity index is 2.58. The SMILES string of the molecule is O=C(O)c1cc([N+](=O)[O-])cc2sc3cc(Cl)c(Cl)cc3c(=O)c12. The summed E-state index contributed by atoms with van der Waals surface area (Å²) < 4.78 is 0.668. The van der Waals surface area contributed by atoms with Crippen LogP contribution in [0.15, 0.2) is 29.1 Å². The van der Waals surface area contributed by atoms with E-state index < -0.39 is 27.6 Å². The van der Waals surface area contributed by atoms with Crippen molar-refractivity contribution in [3.8, 4) is 0 Å². The number of carboxylic acid groups (broad SMARTS) is 1. The quantitative estimate of drug-likeness (QED) is 0.411. The van der Waals surface area contributed by atoms with Crippen molar-refractivity contribution in [3.63, 3.8) is 0 Å². The molecule has 1 heterocycles. The predicted octanol–water partition coefficient (Wildman–Crippen LogP) is 4.33. The van der Waals surface area contributed by atoms with Gasteiger partial charge in [0.1, 0.15) is 0 Å². The van der Waals surface area contributed by atoms with Crippen molar-refractivity contribution in [1.29, 1.82) is 0 Å². The van der Waals surface area contributed by atoms with Gasteiger partial charge in [-0.2, -0.15) is 0 Å². The van der Waals surface area contributed by atoms with E-state index in [1.54, 1.807) is 0 Å². The zero-order chi connectivity index (χ0) is 16.9. The zero-order valence-corrected chi connectivity index (χ0v) is 13.3. The summed E-state index contributed by atoms with van der Waals surface area (Å²) in [5.74, 6) is -1.41. The maximum Gasteiger partial charge on any atom is 0.336 e. The summed E-state index contributed by atoms with van der Waals surface area (Å²) in [7, 11) is 0. The van der Waals surface area contributed by atoms with Gasteiger partial charge in [-0.3, -0.25) is 14.9 Å². The average molecular weight is 370 g/mol. The van der Waals surface area contributed by atoms with Crippen LogP contribution in [-0.2, 0) is 0 Å². The number of nitrogens with zero attached hydrogens (tertiary/aromatic N) is 1. The molecule has 0 aliphatic heterocycles. The third-order valence-corrected chi connectivity index (χ3v) is 5.06. The monoisotopic (exact) mass is 369 g/mol. The number of nitro groups is 1. The van der Waals surface area contributed by atoms with E-state index in [2.05, 4.69) is 0 Å². The summed E-state index contributed by atoms with van der Waals surface area (Å²) in [5.41, 5.74) is -1.37. The van der Waals surface area contributed by atoms with Crippen LogP contribution in [0.25, 0.3) is 20.2 Å². The standard InChI is InChI=1S/C14H5Cl2NO5S/c15-8-3-6-10(4-9(8)16)23-11-2-5(17(21)22)1-7(14(19)20)12(11)13(6)18/h1-4H,(H,19,20). The molecule has 0 saturated heterocycles. The van der Waals surface area contributed by atoms with Crippen molar-refractivity contribution in [2.75, 3.05) is 0 Å². The number of fused-ring (bicyclic) bond motifs is 2. The largest absolute Gasteiger partial charge is 0.478 e. The van der Waals surface area contributed by atoms with Crippen LogP contribution in [0.5, 0.6) is 0 Å². The molecule has 6 nitrogen and oxygen atoms in total. The van der Waals surface area contributed by atoms with Crippen molar-refractivity contribution in [3.05, 3.63) is 60.2 Å². The van der Waals surface area contributed by atoms with E-state index in [1.165, 1.54) is 18.2 Å². The molecule has 23 heavy (non-hydrogen) atoms. The zero-order valence-electron chi connectivity index (χ0n) is 11.0. The molecule has 0 fully saturated rings. The van der Waals surface area contributed by atoms with Crippen molar-refractivity contribution >= 4 is 66.4 Å². The number of rotatable bonds is 2. The van der Waals surface area contributed by atoms with Crippen LogP contribution in [0.2, 0.25) is 10.0 Å². The summed E-state index contributed by atoms with van der Waals surface area (Å²) in [6.07, 6.45) is 0. The van der Waals surface area contributed by atoms with E-state index in [4.69, 9.17) is 23.2 Å². The van der Waals surface area contributed by atoms with Crippen molar-refractivity contribution in [2.24, 2.45) is 0 Å². The number of hydrogen-bond acceptors (Lipinski definition) is 5. The number of carboxylic acids is 1. The summed E-state index contributed by atoms with van der Waals surface area (Å²) in [5, 5.41) is 20.8. The first kappa shape index (κ1) is 15.7. The Hall–Kier alpha value is -2.22. The number of non-ortho nitro benzene ring substituents is 1. The maximum atomic E-state index is 12.6. The molecule has 116 valence electrons. The predicted molar refractivity (Wildman–Crippen MR) is 89.2 cm³/mol. The van der Waals surface area contributed by atoms with Crippen molar-refractivity contribution < 1.29 is 14.8 Å². The molecule has 0 aliphatic carbocycles. The van der Waals surface area contributed by atoms with Gasteiger partial charge in [0.05, 0.1) is 25.9 Å². The van der Waals surface area contributed by atoms with Crippen LogP contribution in [0.3, 0.4) is 0 Å². The Labute approximate surface area is 141 Å². The minimum absolute atomic E-state index is 0.0843. The lowest BCUT2D eigenvalue weighted by molar-refractivity contribution is -0.384. The minimum atomic E-state index is -1.41. The Bertz CT molecular complexity index is 1080. The fourth-order valence-corrected chi connectivity index (χ4v) is 3.79. The van der Waals surface area contributed by atoms with Gasteiger partial charge in [-0.1, -0.05) is 23.2 Å². The Kier molecular flexibility index (Phi) is 3.71. The molecule has 0 radical (unpaired) electrons. The van der Waals surface area contributed by atoms with Crippen molar-refractivity contribution in [2.45, 2.75) is 0 Å². The van der Waals surface area contributed by atoms with Gasteiger partial charge in [0.2, 0.25) is 0 Å². The molecular formula is C14H5Cl2NO5S. The molecule has 9 heteroatoms. The lowest BCUT2D eigenvalue weighted by Gasteiger charge is -2.06. The van der Waals surface area contributed by atoms with Gasteiger partial charge in [0, 0.05) is 26.9 Å². The van der Waals surface area contributed by atoms with E-state index in [1.807, 2.05) is 0 Å². The highest BCUT2D eigenvalue weighted by atomic mass is 35.5. The van der Waals surface area contributed by atoms with E-state index in [-0.39, 0.29) is 25.5 Å². The Morgan fingerprint density at radius 3 is 2.39 bits per heavy atom. The number of halogens is 2. The number of hydrogen-bond donors (Lipinski definition) is 1. The third kappa shape index (κ3) is 2.52. The van der Waals surface area contributed by atoms with Gasteiger partial charge >= 0.3 is 5.97 Å². The molecule has 3 aromatic rings. The Morgan fingerprint density at radius 2 is 1.78 bits per heavy atom. The summed E-state index contributed by atoms with van der Waals surface area (Å²) in [6.45, 7) is 0. The van der Waals surface area contributed by atoms with Gasteiger partial charge in [-0.05, 0) is 12.1 Å². The number of aromatic carboxylic acids is 1. The molecule has 0 atom stereocenters. The molecule has 3 rings (SSSR count). The molecule has 2 aromatic carbocycles. The first-order chi connectivity index (χ1) is 10.8. The fourth-order valence-electron chi connectivity index (χ4n) is 2.23. The number of nitro benzene ring substituents is 1. The summed E-state index contributed by atoms with van der Waals surface area (Å²) in [6, 6.07) is 4.90. The second kappa shape index (κ2) is 5.45. The van der Waals surface area contributed by atoms with Crippen molar-refractivity contribution in [1.82, 2.24) is 0 Å². The van der Waals surface area contributed by atoms with Crippen LogP contribution in [0.1, 0.15) is 10.4 Å². The second-order valence-electron chi connectivity index (χ2n) is 4.62. The van der Waals surface area contributed by atoms with Gasteiger partial charge < -0.3 is 5.11 Å². The molecule has 1 aromatic heterocycles. The molecule has 0 bridgehead atoms. The van der Waals surface area contributed by atoms with Crippen LogP contribution in [0.4, 0.5) is 5.69 Å². The van der Waals surface area contributed by atoms with Crippen LogP contribution in [-0.4, -0.2) is 16.0 Å². The minimum Gasteiger partial charge on any atom is -0.478 e. The Morgan fingerprint density at radius 1 is 1.13 bits per heavy atom. The van der Waals surface area contributed by atoms with E-state index in [9.17, 15) is 24.8 Å². The van der Waals surface area contributed by atoms with E-state index >= 15 is 0 Å². The molecule has 0 amide bonds. The first-order valence-corrected chi connectivity index (χ1v) is 7.64. The molecule has 1 N–H and O–H groups in total. The molecule has 0 spiro atoms. The first-order valence-electron chi connectivity index (χ1n) is 6.07. The highest BCUT2D eigenvalue weighted by Crippen LogP contribution is 2.34. The smallest absolute Gasteiger partial charge is 0.336 e. The highest BCUT2D eigenvalue weighted by Gasteiger charge is 2.20. The highest BCUT2D eigenvalue weighted by molar-refractivity contribution is 7.24. The van der Waals surface area contributed by atoms with Gasteiger partial charge in [0.15, 0.2) is 5.43 Å². The average Bonchev–Trinajstić information content (AvgIpc) is 2.48. The molecular weight excluding hydrogens is 365 g/mol. The second-order valence-corrected chi connectivity index (χ2v) is 6.52. The third-order valence-electron chi connectivity index (χ3n) is 3.24. The van der Waals surface area contributed by atoms with Crippen LogP contribution in [0, 0.1) is 10.1 Å². The lowest BCUT2D eigenvalue weighted by Crippen LogP contribution is -2.09. The number of carbonyl (C=O) groups is 1. The number of benzene rings is 2. The fraction of sp³-hybridized carbons (Fsp3) is 0. The van der Waals surface area contributed by atoms with Gasteiger partial charge in [-0.15, -0.1) is 11.3 Å². The lowest BCUT2D eigenvalue weighted by atomic mass is 10.1. The van der Waals surface area contributed by atoms with Gasteiger partial charge in [0.25, 0.3) is 5.69 Å². The van der Waals surface area contributed by atoms with Crippen LogP contribution < -0.4 is 5.43 Å². The topological polar surface area (TPSA) is 97.5 Å². The molecule has 0 saturated carbocycles. The van der Waals surface area contributed by atoms with Crippen LogP contribution >= 0.6 is 34.5 Å². The summed E-state index contributed by atoms with van der Waals surface area (Å²) >= 11 is 12.9. The molecule has 0 aliphatic rings. The maximum absolute atomic E-state index is 12.6. The van der Waals surface area contributed by atoms with Gasteiger partial charge in [-0.25, -0.2) is 4.79 Å². The summed E-state index contributed by atoms with van der Waals surface area (Å²) in [4.78, 5) is 34.3.